The molecule has 2 rings (SSSR count). The first-order valence-electron chi connectivity index (χ1n) is 12.3. The molecule has 1 fully saturated rings. The fourth-order valence-corrected chi connectivity index (χ4v) is 4.99. The van der Waals surface area contributed by atoms with Gasteiger partial charge in [-0.2, -0.15) is 5.26 Å². The number of nitriles is 1. The minimum absolute atomic E-state index is 0.0136. The first-order chi connectivity index (χ1) is 17.9. The lowest BCUT2D eigenvalue weighted by Crippen LogP contribution is -2.61. The number of pyridine rings is 1. The molecule has 1 aliphatic carbocycles. The van der Waals surface area contributed by atoms with Gasteiger partial charge in [0, 0.05) is 24.7 Å². The maximum absolute atomic E-state index is 12.2. The molecule has 0 aromatic carbocycles. The van der Waals surface area contributed by atoms with E-state index in [1.54, 1.807) is 6.26 Å². The Morgan fingerprint density at radius 3 is 2.08 bits per heavy atom. The molecule has 0 atom stereocenters. The van der Waals surface area contributed by atoms with Crippen LogP contribution in [0.2, 0.25) is 0 Å². The third-order valence-electron chi connectivity index (χ3n) is 6.12. The number of nitrogens with zero attached hydrogens (tertiary/aromatic N) is 2. The zero-order valence-electron chi connectivity index (χ0n) is 22.2. The predicted octanol–water partition coefficient (Wildman–Crippen LogP) is 0.229. The van der Waals surface area contributed by atoms with Gasteiger partial charge in [0.25, 0.3) is 5.91 Å². The average molecular weight is 546 g/mol. The molecule has 206 valence electrons. The Morgan fingerprint density at radius 2 is 1.55 bits per heavy atom. The molecule has 1 saturated carbocycles. The van der Waals surface area contributed by atoms with Gasteiger partial charge in [-0.25, -0.2) is 4.98 Å². The first-order valence-corrected chi connectivity index (χ1v) is 13.5. The lowest BCUT2D eigenvalue weighted by Gasteiger charge is -2.53. The lowest BCUT2D eigenvalue weighted by molar-refractivity contribution is -0.130. The molecule has 12 nitrogen and oxygen atoms in total. The number of carbonyl (C=O) groups is 5. The Hall–Kier alpha value is -3.66. The molecule has 5 amide bonds. The van der Waals surface area contributed by atoms with Gasteiger partial charge in [-0.15, -0.1) is 11.8 Å². The molecule has 13 heteroatoms. The summed E-state index contributed by atoms with van der Waals surface area (Å²) in [6, 6.07) is 3.41. The van der Waals surface area contributed by atoms with Crippen LogP contribution in [-0.4, -0.2) is 72.5 Å². The molecule has 1 aromatic rings. The molecule has 0 saturated heterocycles. The number of hydrogen-bond donors (Lipinski definition) is 5. The number of nitrogens with one attached hydrogen (secondary N) is 5. The van der Waals surface area contributed by atoms with Gasteiger partial charge in [0.05, 0.1) is 30.8 Å². The average Bonchev–Trinajstić information content (AvgIpc) is 2.87. The minimum Gasteiger partial charge on any atom is -0.351 e. The van der Waals surface area contributed by atoms with Gasteiger partial charge < -0.3 is 26.6 Å². The van der Waals surface area contributed by atoms with Crippen molar-refractivity contribution in [2.45, 2.75) is 57.0 Å². The standard InChI is InChI=1S/C25H35N7O5S/c1-5-25(14-24(2,3)15-25)32-21(36)13-30-20(35)12-29-19(34)11-28-18(33)6-7-27-22(37)17-8-16(9-26)23(38-4)31-10-17/h8,10H,5-7,11-15H2,1-4H3,(H,27,37)(H,28,33)(H,29,34)(H,30,35)(H,32,36). The number of hydrogen-bond acceptors (Lipinski definition) is 8. The van der Waals surface area contributed by atoms with Gasteiger partial charge in [-0.05, 0) is 37.0 Å². The molecule has 5 N–H and O–H groups in total. The summed E-state index contributed by atoms with van der Waals surface area (Å²) < 4.78 is 0. The van der Waals surface area contributed by atoms with Crippen molar-refractivity contribution in [1.82, 2.24) is 31.6 Å². The van der Waals surface area contributed by atoms with Crippen LogP contribution in [0.5, 0.6) is 0 Å². The van der Waals surface area contributed by atoms with E-state index in [0.717, 1.165) is 19.3 Å². The summed E-state index contributed by atoms with van der Waals surface area (Å²) in [7, 11) is 0. The first kappa shape index (κ1) is 30.6. The summed E-state index contributed by atoms with van der Waals surface area (Å²) in [5, 5.41) is 22.4. The van der Waals surface area contributed by atoms with E-state index in [0.29, 0.717) is 5.03 Å². The monoisotopic (exact) mass is 545 g/mol. The van der Waals surface area contributed by atoms with Crippen molar-refractivity contribution in [1.29, 1.82) is 5.26 Å². The highest BCUT2D eigenvalue weighted by atomic mass is 32.2. The SMILES string of the molecule is CCC1(NC(=O)CNC(=O)CNC(=O)CNC(=O)CCNC(=O)c2cnc(SC)c(C#N)c2)CC(C)(C)C1. The van der Waals surface area contributed by atoms with Crippen LogP contribution in [0.1, 0.15) is 62.4 Å². The lowest BCUT2D eigenvalue weighted by atomic mass is 9.58. The van der Waals surface area contributed by atoms with Gasteiger partial charge in [-0.1, -0.05) is 20.8 Å². The predicted molar refractivity (Wildman–Crippen MR) is 141 cm³/mol. The maximum Gasteiger partial charge on any atom is 0.252 e. The molecular weight excluding hydrogens is 510 g/mol. The highest BCUT2D eigenvalue weighted by Gasteiger charge is 2.48. The van der Waals surface area contributed by atoms with Crippen molar-refractivity contribution < 1.29 is 24.0 Å². The molecule has 1 heterocycles. The van der Waals surface area contributed by atoms with Gasteiger partial charge in [0.1, 0.15) is 11.1 Å². The third kappa shape index (κ3) is 9.33. The van der Waals surface area contributed by atoms with Gasteiger partial charge >= 0.3 is 0 Å². The van der Waals surface area contributed by atoms with Crippen LogP contribution in [0, 0.1) is 16.7 Å². The molecule has 0 aliphatic heterocycles. The molecule has 0 bridgehead atoms. The Labute approximate surface area is 226 Å². The van der Waals surface area contributed by atoms with Crippen molar-refractivity contribution in [2.75, 3.05) is 32.4 Å². The van der Waals surface area contributed by atoms with Crippen LogP contribution in [0.4, 0.5) is 0 Å². The van der Waals surface area contributed by atoms with Crippen molar-refractivity contribution in [3.8, 4) is 6.07 Å². The zero-order valence-corrected chi connectivity index (χ0v) is 23.0. The number of thioether (sulfide) groups is 1. The van der Waals surface area contributed by atoms with Crippen LogP contribution >= 0.6 is 11.8 Å². The molecule has 38 heavy (non-hydrogen) atoms. The summed E-state index contributed by atoms with van der Waals surface area (Å²) in [5.74, 6) is -2.33. The summed E-state index contributed by atoms with van der Waals surface area (Å²) >= 11 is 1.29. The number of amides is 5. The van der Waals surface area contributed by atoms with Crippen molar-refractivity contribution in [2.24, 2.45) is 5.41 Å². The number of aromatic nitrogens is 1. The van der Waals surface area contributed by atoms with Crippen LogP contribution in [0.25, 0.3) is 0 Å². The molecule has 0 radical (unpaired) electrons. The van der Waals surface area contributed by atoms with Crippen molar-refractivity contribution in [3.63, 3.8) is 0 Å². The van der Waals surface area contributed by atoms with Crippen LogP contribution < -0.4 is 26.6 Å². The highest BCUT2D eigenvalue weighted by molar-refractivity contribution is 7.98. The van der Waals surface area contributed by atoms with E-state index in [4.69, 9.17) is 5.26 Å². The Balaban J connectivity index is 1.59. The second-order valence-corrected chi connectivity index (χ2v) is 10.7. The molecular formula is C25H35N7O5S. The van der Waals surface area contributed by atoms with Gasteiger partial charge in [0.2, 0.25) is 23.6 Å². The van der Waals surface area contributed by atoms with Crippen molar-refractivity contribution in [3.05, 3.63) is 23.4 Å². The molecule has 0 unspecified atom stereocenters. The highest BCUT2D eigenvalue weighted by Crippen LogP contribution is 2.49. The number of carbonyl (C=O) groups excluding carboxylic acids is 5. The Bertz CT molecular complexity index is 1110. The second-order valence-electron chi connectivity index (χ2n) is 9.93. The van der Waals surface area contributed by atoms with Crippen molar-refractivity contribution >= 4 is 41.3 Å². The zero-order chi connectivity index (χ0) is 28.3. The summed E-state index contributed by atoms with van der Waals surface area (Å²) in [6.45, 7) is 5.46. The summed E-state index contributed by atoms with van der Waals surface area (Å²) in [5.41, 5.74) is 0.458. The fraction of sp³-hybridized carbons (Fsp3) is 0.560. The number of rotatable bonds is 13. The summed E-state index contributed by atoms with van der Waals surface area (Å²) in [4.78, 5) is 64.3. The van der Waals surface area contributed by atoms with E-state index in [9.17, 15) is 24.0 Å². The maximum atomic E-state index is 12.2. The Kier molecular flexibility index (Phi) is 11.1. The van der Waals surface area contributed by atoms with E-state index in [1.807, 2.05) is 13.0 Å². The fourth-order valence-electron chi connectivity index (χ4n) is 4.51. The third-order valence-corrected chi connectivity index (χ3v) is 6.83. The smallest absolute Gasteiger partial charge is 0.252 e. The summed E-state index contributed by atoms with van der Waals surface area (Å²) in [6.07, 6.45) is 5.64. The largest absolute Gasteiger partial charge is 0.351 e. The minimum atomic E-state index is -0.576. The van der Waals surface area contributed by atoms with E-state index in [-0.39, 0.29) is 60.6 Å². The normalized spacial score (nSPS) is 14.7. The van der Waals surface area contributed by atoms with E-state index in [1.165, 1.54) is 24.0 Å². The molecule has 1 aromatic heterocycles. The quantitative estimate of drug-likeness (QED) is 0.218. The topological polar surface area (TPSA) is 182 Å². The second kappa shape index (κ2) is 13.8. The molecule has 0 spiro atoms. The van der Waals surface area contributed by atoms with E-state index < -0.39 is 23.6 Å². The Morgan fingerprint density at radius 1 is 0.974 bits per heavy atom. The van der Waals surface area contributed by atoms with Gasteiger partial charge in [0.15, 0.2) is 0 Å². The van der Waals surface area contributed by atoms with E-state index >= 15 is 0 Å². The van der Waals surface area contributed by atoms with E-state index in [2.05, 4.69) is 45.4 Å². The van der Waals surface area contributed by atoms with Crippen LogP contribution in [-0.2, 0) is 19.2 Å². The van der Waals surface area contributed by atoms with Crippen LogP contribution in [0.15, 0.2) is 17.3 Å². The van der Waals surface area contributed by atoms with Gasteiger partial charge in [-0.3, -0.25) is 24.0 Å². The molecule has 1 aliphatic rings. The van der Waals surface area contributed by atoms with Crippen LogP contribution in [0.3, 0.4) is 0 Å².